The molecule has 2 N–H and O–H groups in total. The highest BCUT2D eigenvalue weighted by molar-refractivity contribution is 14.1. The highest BCUT2D eigenvalue weighted by atomic mass is 127. The molecule has 0 aliphatic heterocycles. The molecule has 0 spiro atoms. The van der Waals surface area contributed by atoms with Crippen LogP contribution in [0.3, 0.4) is 0 Å². The fourth-order valence-electron chi connectivity index (χ4n) is 0.996. The Bertz CT molecular complexity index is 339. The molecule has 1 rings (SSSR count). The van der Waals surface area contributed by atoms with Crippen LogP contribution >= 0.6 is 22.6 Å². The molecule has 0 saturated carbocycles. The first kappa shape index (κ1) is 9.49. The van der Waals surface area contributed by atoms with Gasteiger partial charge in [0.15, 0.2) is 0 Å². The zero-order valence-electron chi connectivity index (χ0n) is 6.76. The maximum atomic E-state index is 8.76. The molecule has 0 aromatic heterocycles. The Balaban J connectivity index is 3.31. The minimum absolute atomic E-state index is 0.430. The molecular weight excluding hydrogens is 263 g/mol. The van der Waals surface area contributed by atoms with Crippen molar-refractivity contribution in [1.82, 2.24) is 0 Å². The van der Waals surface area contributed by atoms with Gasteiger partial charge >= 0.3 is 0 Å². The summed E-state index contributed by atoms with van der Waals surface area (Å²) in [6.07, 6.45) is 0. The van der Waals surface area contributed by atoms with Crippen LogP contribution < -0.4 is 5.73 Å². The largest absolute Gasteiger partial charge is 0.326 e. The third kappa shape index (κ3) is 1.76. The van der Waals surface area contributed by atoms with E-state index in [1.165, 1.54) is 0 Å². The highest BCUT2D eigenvalue weighted by Crippen LogP contribution is 2.17. The monoisotopic (exact) mass is 272 g/mol. The molecule has 0 amide bonds. The van der Waals surface area contributed by atoms with Crippen molar-refractivity contribution in [1.29, 1.82) is 5.26 Å². The topological polar surface area (TPSA) is 49.8 Å². The lowest BCUT2D eigenvalue weighted by Crippen LogP contribution is -2.00. The smallest absolute Gasteiger partial charge is 0.0995 e. The minimum Gasteiger partial charge on any atom is -0.326 e. The van der Waals surface area contributed by atoms with Crippen LogP contribution in [-0.2, 0) is 6.54 Å². The van der Waals surface area contributed by atoms with Gasteiger partial charge in [-0.2, -0.15) is 5.26 Å². The van der Waals surface area contributed by atoms with Gasteiger partial charge in [0.05, 0.1) is 11.6 Å². The number of halogens is 1. The molecule has 0 bridgehead atoms. The number of benzene rings is 1. The zero-order valence-corrected chi connectivity index (χ0v) is 8.92. The first-order valence-corrected chi connectivity index (χ1v) is 4.66. The van der Waals surface area contributed by atoms with Crippen LogP contribution in [0.1, 0.15) is 16.7 Å². The molecule has 0 unspecified atom stereocenters. The van der Waals surface area contributed by atoms with Gasteiger partial charge in [0.1, 0.15) is 0 Å². The van der Waals surface area contributed by atoms with Gasteiger partial charge in [-0.3, -0.25) is 0 Å². The highest BCUT2D eigenvalue weighted by Gasteiger charge is 2.03. The summed E-state index contributed by atoms with van der Waals surface area (Å²) < 4.78 is 1.16. The maximum absolute atomic E-state index is 8.76. The molecule has 12 heavy (non-hydrogen) atoms. The Morgan fingerprint density at radius 1 is 1.58 bits per heavy atom. The number of hydrogen-bond acceptors (Lipinski definition) is 2. The van der Waals surface area contributed by atoms with E-state index < -0.39 is 0 Å². The predicted molar refractivity (Wildman–Crippen MR) is 56.5 cm³/mol. The van der Waals surface area contributed by atoms with Gasteiger partial charge in [-0.25, -0.2) is 0 Å². The molecule has 0 heterocycles. The first-order valence-electron chi connectivity index (χ1n) is 3.58. The molecule has 0 saturated heterocycles. The summed E-state index contributed by atoms with van der Waals surface area (Å²) in [5, 5.41) is 8.76. The molecule has 0 aliphatic rings. The van der Waals surface area contributed by atoms with Crippen molar-refractivity contribution in [2.75, 3.05) is 0 Å². The lowest BCUT2D eigenvalue weighted by molar-refractivity contribution is 1.06. The molecule has 0 fully saturated rings. The number of rotatable bonds is 1. The molecule has 3 heteroatoms. The van der Waals surface area contributed by atoms with Crippen LogP contribution in [0.25, 0.3) is 0 Å². The summed E-state index contributed by atoms with van der Waals surface area (Å²) >= 11 is 2.24. The van der Waals surface area contributed by atoms with Crippen molar-refractivity contribution in [2.24, 2.45) is 5.73 Å². The van der Waals surface area contributed by atoms with Crippen LogP contribution in [0.5, 0.6) is 0 Å². The number of nitrogens with zero attached hydrogens (tertiary/aromatic N) is 1. The summed E-state index contributed by atoms with van der Waals surface area (Å²) in [5.74, 6) is 0. The number of nitriles is 1. The van der Waals surface area contributed by atoms with Gasteiger partial charge in [0, 0.05) is 10.1 Å². The van der Waals surface area contributed by atoms with Crippen LogP contribution in [0.15, 0.2) is 12.1 Å². The van der Waals surface area contributed by atoms with Crippen molar-refractivity contribution in [3.05, 3.63) is 32.4 Å². The molecule has 1 aromatic rings. The van der Waals surface area contributed by atoms with E-state index in [2.05, 4.69) is 28.7 Å². The van der Waals surface area contributed by atoms with Gasteiger partial charge in [-0.05, 0) is 52.8 Å². The first-order chi connectivity index (χ1) is 5.69. The van der Waals surface area contributed by atoms with Crippen molar-refractivity contribution < 1.29 is 0 Å². The van der Waals surface area contributed by atoms with E-state index in [4.69, 9.17) is 11.0 Å². The second kappa shape index (κ2) is 3.87. The molecule has 0 radical (unpaired) electrons. The molecule has 0 aliphatic carbocycles. The average molecular weight is 272 g/mol. The lowest BCUT2D eigenvalue weighted by Gasteiger charge is -2.03. The molecular formula is C9H9IN2. The van der Waals surface area contributed by atoms with E-state index in [1.807, 2.05) is 19.1 Å². The number of aryl methyl sites for hydroxylation is 1. The summed E-state index contributed by atoms with van der Waals surface area (Å²) in [5.41, 5.74) is 8.23. The summed E-state index contributed by atoms with van der Waals surface area (Å²) in [6.45, 7) is 2.42. The van der Waals surface area contributed by atoms with Gasteiger partial charge in [0.25, 0.3) is 0 Å². The average Bonchev–Trinajstić information content (AvgIpc) is 2.09. The lowest BCUT2D eigenvalue weighted by atomic mass is 10.1. The summed E-state index contributed by atoms with van der Waals surface area (Å²) in [7, 11) is 0. The van der Waals surface area contributed by atoms with Gasteiger partial charge < -0.3 is 5.73 Å². The SMILES string of the molecule is Cc1cc(C#N)c(CN)cc1I. The summed E-state index contributed by atoms with van der Waals surface area (Å²) in [4.78, 5) is 0. The number of nitrogens with two attached hydrogens (primary N) is 1. The maximum Gasteiger partial charge on any atom is 0.0995 e. The van der Waals surface area contributed by atoms with Crippen LogP contribution in [0.4, 0.5) is 0 Å². The number of hydrogen-bond donors (Lipinski definition) is 1. The van der Waals surface area contributed by atoms with E-state index in [-0.39, 0.29) is 0 Å². The molecule has 1 aromatic carbocycles. The molecule has 0 atom stereocenters. The predicted octanol–water partition coefficient (Wildman–Crippen LogP) is 1.93. The normalized spacial score (nSPS) is 9.50. The van der Waals surface area contributed by atoms with Crippen molar-refractivity contribution in [2.45, 2.75) is 13.5 Å². The molecule has 62 valence electrons. The van der Waals surface area contributed by atoms with E-state index in [1.54, 1.807) is 0 Å². The standard InChI is InChI=1S/C9H9IN2/c1-6-2-7(4-11)8(5-12)3-9(6)10/h2-3H,5,12H2,1H3. The van der Waals surface area contributed by atoms with Gasteiger partial charge in [-0.1, -0.05) is 0 Å². The van der Waals surface area contributed by atoms with Crippen LogP contribution in [-0.4, -0.2) is 0 Å². The Morgan fingerprint density at radius 3 is 2.75 bits per heavy atom. The van der Waals surface area contributed by atoms with Crippen molar-refractivity contribution in [3.8, 4) is 6.07 Å². The minimum atomic E-state index is 0.430. The second-order valence-corrected chi connectivity index (χ2v) is 3.74. The Morgan fingerprint density at radius 2 is 2.25 bits per heavy atom. The third-order valence-electron chi connectivity index (χ3n) is 1.72. The van der Waals surface area contributed by atoms with Gasteiger partial charge in [-0.15, -0.1) is 0 Å². The van der Waals surface area contributed by atoms with E-state index in [9.17, 15) is 0 Å². The van der Waals surface area contributed by atoms with Crippen LogP contribution in [0, 0.1) is 21.8 Å². The van der Waals surface area contributed by atoms with Crippen molar-refractivity contribution in [3.63, 3.8) is 0 Å². The quantitative estimate of drug-likeness (QED) is 0.794. The fraction of sp³-hybridized carbons (Fsp3) is 0.222. The van der Waals surface area contributed by atoms with E-state index in [0.29, 0.717) is 12.1 Å². The second-order valence-electron chi connectivity index (χ2n) is 2.57. The van der Waals surface area contributed by atoms with E-state index >= 15 is 0 Å². The van der Waals surface area contributed by atoms with Crippen LogP contribution in [0.2, 0.25) is 0 Å². The Labute approximate surface area is 85.5 Å². The van der Waals surface area contributed by atoms with Gasteiger partial charge in [0.2, 0.25) is 0 Å². The van der Waals surface area contributed by atoms with E-state index in [0.717, 1.165) is 14.7 Å². The Kier molecular flexibility index (Phi) is 3.06. The zero-order chi connectivity index (χ0) is 9.14. The Hall–Kier alpha value is -0.600. The van der Waals surface area contributed by atoms with Crippen molar-refractivity contribution >= 4 is 22.6 Å². The molecule has 2 nitrogen and oxygen atoms in total. The third-order valence-corrected chi connectivity index (χ3v) is 2.89. The fourth-order valence-corrected chi connectivity index (χ4v) is 1.53. The summed E-state index contributed by atoms with van der Waals surface area (Å²) in [6, 6.07) is 5.98.